The average Bonchev–Trinajstić information content (AvgIpc) is 3.38. The van der Waals surface area contributed by atoms with Crippen LogP contribution in [0.2, 0.25) is 0 Å². The Labute approximate surface area is 204 Å². The van der Waals surface area contributed by atoms with Crippen molar-refractivity contribution in [1.82, 2.24) is 5.32 Å². The fourth-order valence-corrected chi connectivity index (χ4v) is 3.91. The molecule has 190 valence electrons. The van der Waals surface area contributed by atoms with Crippen molar-refractivity contribution in [2.75, 3.05) is 36.0 Å². The third-order valence-corrected chi connectivity index (χ3v) is 5.62. The second-order valence-corrected chi connectivity index (χ2v) is 8.26. The first-order valence-corrected chi connectivity index (χ1v) is 11.0. The van der Waals surface area contributed by atoms with Gasteiger partial charge in [-0.2, -0.15) is 0 Å². The Morgan fingerprint density at radius 3 is 1.94 bits per heavy atom. The number of guanidine groups is 1. The summed E-state index contributed by atoms with van der Waals surface area (Å²) in [5.74, 6) is -1.91. The Balaban J connectivity index is 1.49. The van der Waals surface area contributed by atoms with E-state index in [2.05, 4.69) is 10.3 Å². The molecular formula is C23H24F2N6O5. The summed E-state index contributed by atoms with van der Waals surface area (Å²) < 4.78 is 40.4. The van der Waals surface area contributed by atoms with Crippen LogP contribution >= 0.6 is 0 Å². The third kappa shape index (κ3) is 5.29. The highest BCUT2D eigenvalue weighted by atomic mass is 19.1. The predicted octanol–water partition coefficient (Wildman–Crippen LogP) is 1.69. The van der Waals surface area contributed by atoms with Crippen LogP contribution in [0.25, 0.3) is 11.1 Å². The average molecular weight is 502 g/mol. The molecule has 13 heteroatoms. The van der Waals surface area contributed by atoms with E-state index in [0.29, 0.717) is 0 Å². The molecule has 2 aromatic carbocycles. The molecule has 2 heterocycles. The topological polar surface area (TPSA) is 153 Å². The molecule has 0 bridgehead atoms. The fraction of sp³-hybridized carbons (Fsp3) is 0.304. The Kier molecular flexibility index (Phi) is 6.90. The molecule has 2 atom stereocenters. The summed E-state index contributed by atoms with van der Waals surface area (Å²) in [5, 5.41) is 2.56. The minimum absolute atomic E-state index is 0.0278. The van der Waals surface area contributed by atoms with Crippen LogP contribution in [0.5, 0.6) is 0 Å². The summed E-state index contributed by atoms with van der Waals surface area (Å²) in [6.45, 7) is 1.79. The number of rotatable bonds is 7. The summed E-state index contributed by atoms with van der Waals surface area (Å²) in [4.78, 5) is 41.7. The van der Waals surface area contributed by atoms with Gasteiger partial charge in [0.1, 0.15) is 23.8 Å². The van der Waals surface area contributed by atoms with E-state index in [9.17, 15) is 23.2 Å². The Hall–Kier alpha value is -4.42. The fourth-order valence-electron chi connectivity index (χ4n) is 3.91. The maximum absolute atomic E-state index is 15.0. The maximum Gasteiger partial charge on any atom is 0.414 e. The van der Waals surface area contributed by atoms with Crippen LogP contribution in [0.15, 0.2) is 41.4 Å². The second kappa shape index (κ2) is 10.1. The molecule has 3 amide bonds. The first kappa shape index (κ1) is 24.7. The smallest absolute Gasteiger partial charge is 0.414 e. The van der Waals surface area contributed by atoms with Crippen LogP contribution in [-0.2, 0) is 14.3 Å². The molecule has 0 aromatic heterocycles. The van der Waals surface area contributed by atoms with Gasteiger partial charge in [0.15, 0.2) is 5.96 Å². The number of ether oxygens (including phenoxy) is 2. The lowest BCUT2D eigenvalue weighted by atomic mass is 10.0. The number of halogens is 2. The number of nitrogens with zero attached hydrogens (tertiary/aromatic N) is 3. The summed E-state index contributed by atoms with van der Waals surface area (Å²) in [6, 6.07) is 7.87. The van der Waals surface area contributed by atoms with Crippen molar-refractivity contribution >= 4 is 35.4 Å². The van der Waals surface area contributed by atoms with Crippen LogP contribution in [0, 0.1) is 11.6 Å². The highest BCUT2D eigenvalue weighted by Gasteiger charge is 2.34. The lowest BCUT2D eigenvalue weighted by Gasteiger charge is -2.16. The number of hydrogen-bond acceptors (Lipinski definition) is 6. The standard InChI is InChI=1S/C23H24F2N6O5/c1-12(32)28-8-15-10-30(22(33)35-15)13-2-4-17(19(24)6-13)18-5-3-14(7-20(18)25)31-11-16(36-23(31)34)9-29-21(26)27/h2-7,15-16H,8-11H2,1H3,(H,28,32)(H4,26,27,29)/t15-,16-/m0/s1. The van der Waals surface area contributed by atoms with Gasteiger partial charge < -0.3 is 26.3 Å². The molecule has 36 heavy (non-hydrogen) atoms. The number of nitrogens with two attached hydrogens (primary N) is 2. The van der Waals surface area contributed by atoms with Gasteiger partial charge in [0.2, 0.25) is 5.91 Å². The van der Waals surface area contributed by atoms with E-state index in [1.54, 1.807) is 0 Å². The Morgan fingerprint density at radius 1 is 0.972 bits per heavy atom. The highest BCUT2D eigenvalue weighted by Crippen LogP contribution is 2.33. The number of carbonyl (C=O) groups excluding carboxylic acids is 3. The number of anilines is 2. The molecule has 0 radical (unpaired) electrons. The maximum atomic E-state index is 15.0. The molecular weight excluding hydrogens is 478 g/mol. The first-order valence-electron chi connectivity index (χ1n) is 11.0. The summed E-state index contributed by atoms with van der Waals surface area (Å²) in [5.41, 5.74) is 11.0. The van der Waals surface area contributed by atoms with Crippen molar-refractivity contribution in [2.45, 2.75) is 19.1 Å². The van der Waals surface area contributed by atoms with Crippen molar-refractivity contribution in [2.24, 2.45) is 16.5 Å². The van der Waals surface area contributed by atoms with E-state index in [4.69, 9.17) is 20.9 Å². The number of amides is 3. The van der Waals surface area contributed by atoms with Crippen LogP contribution < -0.4 is 26.6 Å². The lowest BCUT2D eigenvalue weighted by molar-refractivity contribution is -0.119. The molecule has 0 spiro atoms. The van der Waals surface area contributed by atoms with E-state index in [1.165, 1.54) is 41.0 Å². The molecule has 0 unspecified atom stereocenters. The van der Waals surface area contributed by atoms with Crippen molar-refractivity contribution in [3.05, 3.63) is 48.0 Å². The van der Waals surface area contributed by atoms with Gasteiger partial charge in [0.05, 0.1) is 37.6 Å². The zero-order chi connectivity index (χ0) is 26.0. The van der Waals surface area contributed by atoms with Gasteiger partial charge in [-0.25, -0.2) is 23.4 Å². The van der Waals surface area contributed by atoms with E-state index < -0.39 is 36.0 Å². The Morgan fingerprint density at radius 2 is 1.47 bits per heavy atom. The lowest BCUT2D eigenvalue weighted by Crippen LogP contribution is -2.33. The molecule has 11 nitrogen and oxygen atoms in total. The van der Waals surface area contributed by atoms with E-state index in [0.717, 1.165) is 12.1 Å². The number of carbonyl (C=O) groups is 3. The number of aliphatic imine (C=N–C) groups is 1. The number of cyclic esters (lactones) is 2. The molecule has 2 saturated heterocycles. The van der Waals surface area contributed by atoms with Crippen LogP contribution in [0.4, 0.5) is 29.7 Å². The first-order chi connectivity index (χ1) is 17.1. The van der Waals surface area contributed by atoms with Crippen LogP contribution in [0.3, 0.4) is 0 Å². The monoisotopic (exact) mass is 502 g/mol. The molecule has 5 N–H and O–H groups in total. The quantitative estimate of drug-likeness (QED) is 0.385. The van der Waals surface area contributed by atoms with Crippen LogP contribution in [-0.4, -0.2) is 62.4 Å². The van der Waals surface area contributed by atoms with Crippen molar-refractivity contribution in [3.63, 3.8) is 0 Å². The van der Waals surface area contributed by atoms with E-state index >= 15 is 0 Å². The molecule has 4 rings (SSSR count). The zero-order valence-electron chi connectivity index (χ0n) is 19.2. The normalized spacial score (nSPS) is 19.2. The zero-order valence-corrected chi connectivity index (χ0v) is 19.2. The minimum atomic E-state index is -0.754. The number of nitrogens with one attached hydrogen (secondary N) is 1. The molecule has 2 aliphatic rings. The van der Waals surface area contributed by atoms with Gasteiger partial charge in [-0.05, 0) is 36.4 Å². The molecule has 2 aliphatic heterocycles. The van der Waals surface area contributed by atoms with Crippen LogP contribution in [0.1, 0.15) is 6.92 Å². The number of hydrogen-bond donors (Lipinski definition) is 3. The number of benzene rings is 2. The molecule has 2 fully saturated rings. The van der Waals surface area contributed by atoms with Gasteiger partial charge in [0.25, 0.3) is 0 Å². The van der Waals surface area contributed by atoms with Gasteiger partial charge in [-0.1, -0.05) is 0 Å². The highest BCUT2D eigenvalue weighted by molar-refractivity contribution is 5.91. The second-order valence-electron chi connectivity index (χ2n) is 8.26. The van der Waals surface area contributed by atoms with Crippen molar-refractivity contribution < 1.29 is 32.6 Å². The van der Waals surface area contributed by atoms with Gasteiger partial charge >= 0.3 is 12.2 Å². The van der Waals surface area contributed by atoms with Crippen molar-refractivity contribution in [1.29, 1.82) is 0 Å². The van der Waals surface area contributed by atoms with Crippen molar-refractivity contribution in [3.8, 4) is 11.1 Å². The Bertz CT molecular complexity index is 1240. The predicted molar refractivity (Wildman–Crippen MR) is 126 cm³/mol. The van der Waals surface area contributed by atoms with Gasteiger partial charge in [-0.3, -0.25) is 14.6 Å². The molecule has 0 saturated carbocycles. The molecule has 2 aromatic rings. The largest absolute Gasteiger partial charge is 0.442 e. The summed E-state index contributed by atoms with van der Waals surface area (Å²) in [6.07, 6.45) is -2.53. The van der Waals surface area contributed by atoms with E-state index in [1.807, 2.05) is 0 Å². The third-order valence-electron chi connectivity index (χ3n) is 5.62. The SMILES string of the molecule is CC(=O)NC[C@H]1CN(c2ccc(-c3ccc(N4C[C@H](CN=C(N)N)OC4=O)cc3F)c(F)c2)C(=O)O1. The van der Waals surface area contributed by atoms with Gasteiger partial charge in [-0.15, -0.1) is 0 Å². The van der Waals surface area contributed by atoms with Gasteiger partial charge in [0, 0.05) is 18.1 Å². The molecule has 0 aliphatic carbocycles. The summed E-state index contributed by atoms with van der Waals surface area (Å²) in [7, 11) is 0. The summed E-state index contributed by atoms with van der Waals surface area (Å²) >= 11 is 0. The minimum Gasteiger partial charge on any atom is -0.442 e. The van der Waals surface area contributed by atoms with E-state index in [-0.39, 0.29) is 60.5 Å².